The molecule has 1 fully saturated rings. The Bertz CT molecular complexity index is 788. The molecule has 0 saturated carbocycles. The average Bonchev–Trinajstić information content (AvgIpc) is 2.82. The minimum absolute atomic E-state index is 0.263. The number of carbonyl (C=O) groups excluding carboxylic acids is 1. The first-order valence-corrected chi connectivity index (χ1v) is 7.74. The van der Waals surface area contributed by atoms with Crippen molar-refractivity contribution in [2.75, 3.05) is 19.8 Å². The molecule has 0 aliphatic carbocycles. The van der Waals surface area contributed by atoms with Crippen LogP contribution in [0.25, 0.3) is 0 Å². The van der Waals surface area contributed by atoms with E-state index in [0.717, 1.165) is 23.0 Å². The zero-order valence-corrected chi connectivity index (χ0v) is 13.8. The third-order valence-electron chi connectivity index (χ3n) is 4.47. The maximum Gasteiger partial charge on any atom is 0.257 e. The number of rotatable bonds is 2. The van der Waals surface area contributed by atoms with Crippen LogP contribution >= 0.6 is 0 Å². The third-order valence-corrected chi connectivity index (χ3v) is 4.47. The molecule has 1 aromatic carbocycles. The van der Waals surface area contributed by atoms with E-state index in [-0.39, 0.29) is 11.6 Å². The lowest BCUT2D eigenvalue weighted by Crippen LogP contribution is -2.44. The van der Waals surface area contributed by atoms with Gasteiger partial charge >= 0.3 is 0 Å². The number of halogens is 2. The molecule has 0 bridgehead atoms. The quantitative estimate of drug-likeness (QED) is 0.847. The van der Waals surface area contributed by atoms with Crippen molar-refractivity contribution < 1.29 is 18.3 Å². The highest BCUT2D eigenvalue weighted by molar-refractivity contribution is 5.95. The second kappa shape index (κ2) is 6.32. The highest BCUT2D eigenvalue weighted by Gasteiger charge is 2.34. The first-order valence-electron chi connectivity index (χ1n) is 7.74. The van der Waals surface area contributed by atoms with Crippen molar-refractivity contribution >= 4 is 5.91 Å². The first-order chi connectivity index (χ1) is 11.4. The minimum Gasteiger partial charge on any atom is -0.377 e. The van der Waals surface area contributed by atoms with Gasteiger partial charge in [-0.15, -0.1) is 0 Å². The van der Waals surface area contributed by atoms with E-state index in [1.807, 2.05) is 20.9 Å². The summed E-state index contributed by atoms with van der Waals surface area (Å²) in [5, 5.41) is 4.37. The van der Waals surface area contributed by atoms with Gasteiger partial charge in [-0.05, 0) is 26.0 Å². The van der Waals surface area contributed by atoms with Crippen molar-refractivity contribution in [2.45, 2.75) is 19.9 Å². The van der Waals surface area contributed by atoms with Crippen LogP contribution in [0.3, 0.4) is 0 Å². The summed E-state index contributed by atoms with van der Waals surface area (Å²) in [6.45, 7) is 4.75. The van der Waals surface area contributed by atoms with Gasteiger partial charge < -0.3 is 9.64 Å². The van der Waals surface area contributed by atoms with E-state index in [0.29, 0.717) is 19.8 Å². The number of nitrogens with zero attached hydrogens (tertiary/aromatic N) is 3. The lowest BCUT2D eigenvalue weighted by atomic mass is 10.0. The normalized spacial score (nSPS) is 18.0. The summed E-state index contributed by atoms with van der Waals surface area (Å²) < 4.78 is 34.8. The number of aromatic nitrogens is 2. The van der Waals surface area contributed by atoms with Gasteiger partial charge in [0, 0.05) is 24.8 Å². The van der Waals surface area contributed by atoms with Crippen molar-refractivity contribution in [1.82, 2.24) is 14.7 Å². The number of carbonyl (C=O) groups is 1. The van der Waals surface area contributed by atoms with E-state index in [2.05, 4.69) is 5.10 Å². The van der Waals surface area contributed by atoms with Crippen LogP contribution in [-0.4, -0.2) is 40.3 Å². The van der Waals surface area contributed by atoms with Crippen LogP contribution in [0.5, 0.6) is 0 Å². The van der Waals surface area contributed by atoms with Gasteiger partial charge in [0.1, 0.15) is 0 Å². The number of benzene rings is 1. The van der Waals surface area contributed by atoms with Crippen LogP contribution in [0.1, 0.15) is 33.4 Å². The molecule has 2 heterocycles. The number of morpholine rings is 1. The fourth-order valence-corrected chi connectivity index (χ4v) is 3.18. The molecule has 1 unspecified atom stereocenters. The van der Waals surface area contributed by atoms with Crippen molar-refractivity contribution in [1.29, 1.82) is 0 Å². The second-order valence-electron chi connectivity index (χ2n) is 5.90. The Morgan fingerprint density at radius 3 is 2.75 bits per heavy atom. The molecule has 1 saturated heterocycles. The van der Waals surface area contributed by atoms with Gasteiger partial charge in [-0.3, -0.25) is 9.48 Å². The predicted molar refractivity (Wildman–Crippen MR) is 83.6 cm³/mol. The third kappa shape index (κ3) is 2.69. The van der Waals surface area contributed by atoms with Crippen molar-refractivity contribution in [3.8, 4) is 0 Å². The summed E-state index contributed by atoms with van der Waals surface area (Å²) in [6.07, 6.45) is 0. The van der Waals surface area contributed by atoms with Gasteiger partial charge in [0.2, 0.25) is 0 Å². The van der Waals surface area contributed by atoms with Gasteiger partial charge in [0.05, 0.1) is 30.5 Å². The van der Waals surface area contributed by atoms with E-state index < -0.39 is 17.5 Å². The highest BCUT2D eigenvalue weighted by atomic mass is 19.2. The van der Waals surface area contributed by atoms with Crippen LogP contribution < -0.4 is 0 Å². The maximum absolute atomic E-state index is 14.0. The summed E-state index contributed by atoms with van der Waals surface area (Å²) in [7, 11) is 1.83. The Hall–Kier alpha value is -2.28. The average molecular weight is 335 g/mol. The van der Waals surface area contributed by atoms with Crippen LogP contribution in [0.2, 0.25) is 0 Å². The van der Waals surface area contributed by atoms with Crippen LogP contribution in [0.15, 0.2) is 18.2 Å². The topological polar surface area (TPSA) is 47.4 Å². The molecule has 0 spiro atoms. The molecule has 24 heavy (non-hydrogen) atoms. The van der Waals surface area contributed by atoms with Crippen molar-refractivity contribution in [3.05, 3.63) is 52.3 Å². The molecule has 128 valence electrons. The van der Waals surface area contributed by atoms with Crippen molar-refractivity contribution in [2.24, 2.45) is 7.05 Å². The molecule has 1 aliphatic heterocycles. The Kier molecular flexibility index (Phi) is 4.36. The van der Waals surface area contributed by atoms with E-state index >= 15 is 0 Å². The molecule has 1 aromatic heterocycles. The largest absolute Gasteiger partial charge is 0.377 e. The summed E-state index contributed by atoms with van der Waals surface area (Å²) >= 11 is 0. The van der Waals surface area contributed by atoms with Gasteiger partial charge in [0.25, 0.3) is 5.91 Å². The van der Waals surface area contributed by atoms with E-state index in [1.54, 1.807) is 9.58 Å². The molecule has 1 amide bonds. The standard InChI is InChI=1S/C17H19F2N3O2/c1-10-15(11(2)21(3)20-10)14-9-24-8-7-22(14)17(23)12-5-4-6-13(18)16(12)19/h4-6,14H,7-9H2,1-3H3. The predicted octanol–water partition coefficient (Wildman–Crippen LogP) is 2.53. The van der Waals surface area contributed by atoms with E-state index in [1.165, 1.54) is 12.1 Å². The Morgan fingerprint density at radius 1 is 1.33 bits per heavy atom. The Labute approximate surface area is 138 Å². The Morgan fingerprint density at radius 2 is 2.08 bits per heavy atom. The van der Waals surface area contributed by atoms with E-state index in [4.69, 9.17) is 4.74 Å². The molecular weight excluding hydrogens is 316 g/mol. The SMILES string of the molecule is Cc1nn(C)c(C)c1C1COCCN1C(=O)c1cccc(F)c1F. The smallest absolute Gasteiger partial charge is 0.257 e. The first kappa shape index (κ1) is 16.6. The molecule has 1 aliphatic rings. The van der Waals surface area contributed by atoms with Gasteiger partial charge in [0.15, 0.2) is 11.6 Å². The molecule has 1 atom stereocenters. The molecule has 7 heteroatoms. The highest BCUT2D eigenvalue weighted by Crippen LogP contribution is 2.31. The minimum atomic E-state index is -1.12. The lowest BCUT2D eigenvalue weighted by Gasteiger charge is -2.36. The summed E-state index contributed by atoms with van der Waals surface area (Å²) in [4.78, 5) is 14.4. The molecule has 0 radical (unpaired) electrons. The maximum atomic E-state index is 14.0. The second-order valence-corrected chi connectivity index (χ2v) is 5.90. The zero-order chi connectivity index (χ0) is 17.4. The molecule has 2 aromatic rings. The lowest BCUT2D eigenvalue weighted by molar-refractivity contribution is -0.00332. The number of amides is 1. The fraction of sp³-hybridized carbons (Fsp3) is 0.412. The molecular formula is C17H19F2N3O2. The number of ether oxygens (including phenoxy) is 1. The fourth-order valence-electron chi connectivity index (χ4n) is 3.18. The number of aryl methyl sites for hydroxylation is 2. The molecule has 3 rings (SSSR count). The van der Waals surface area contributed by atoms with Gasteiger partial charge in [-0.1, -0.05) is 6.07 Å². The number of hydrogen-bond acceptors (Lipinski definition) is 3. The zero-order valence-electron chi connectivity index (χ0n) is 13.8. The van der Waals surface area contributed by atoms with E-state index in [9.17, 15) is 13.6 Å². The Balaban J connectivity index is 2.01. The summed E-state index contributed by atoms with van der Waals surface area (Å²) in [6, 6.07) is 3.26. The molecule has 5 nitrogen and oxygen atoms in total. The monoisotopic (exact) mass is 335 g/mol. The van der Waals surface area contributed by atoms with Crippen LogP contribution in [0.4, 0.5) is 8.78 Å². The number of hydrogen-bond donors (Lipinski definition) is 0. The molecule has 0 N–H and O–H groups in total. The van der Waals surface area contributed by atoms with Crippen LogP contribution in [0, 0.1) is 25.5 Å². The van der Waals surface area contributed by atoms with Crippen LogP contribution in [-0.2, 0) is 11.8 Å². The van der Waals surface area contributed by atoms with Gasteiger partial charge in [-0.2, -0.15) is 5.10 Å². The van der Waals surface area contributed by atoms with Gasteiger partial charge in [-0.25, -0.2) is 8.78 Å². The summed E-state index contributed by atoms with van der Waals surface area (Å²) in [5.74, 6) is -2.69. The van der Waals surface area contributed by atoms with Crippen molar-refractivity contribution in [3.63, 3.8) is 0 Å². The summed E-state index contributed by atoms with van der Waals surface area (Å²) in [5.41, 5.74) is 2.34.